The Labute approximate surface area is 152 Å². The van der Waals surface area contributed by atoms with Gasteiger partial charge < -0.3 is 10.6 Å². The molecule has 1 aromatic rings. The second-order valence-electron chi connectivity index (χ2n) is 6.03. The molecule has 0 atom stereocenters. The zero-order chi connectivity index (χ0) is 19.0. The van der Waals surface area contributed by atoms with Crippen molar-refractivity contribution in [3.8, 4) is 0 Å². The minimum absolute atomic E-state index is 0.0279. The molecule has 3 N–H and O–H groups in total. The van der Waals surface area contributed by atoms with Crippen LogP contribution >= 0.6 is 11.6 Å². The van der Waals surface area contributed by atoms with Crippen LogP contribution in [0, 0.1) is 12.8 Å². The van der Waals surface area contributed by atoms with Gasteiger partial charge in [-0.25, -0.2) is 5.43 Å². The summed E-state index contributed by atoms with van der Waals surface area (Å²) in [7, 11) is 0. The van der Waals surface area contributed by atoms with Crippen molar-refractivity contribution in [1.29, 1.82) is 0 Å². The topological polar surface area (TPSA) is 99.7 Å². The van der Waals surface area contributed by atoms with Gasteiger partial charge in [0.25, 0.3) is 0 Å². The van der Waals surface area contributed by atoms with E-state index in [9.17, 15) is 14.4 Å². The fourth-order valence-electron chi connectivity index (χ4n) is 1.78. The van der Waals surface area contributed by atoms with Crippen LogP contribution in [0.3, 0.4) is 0 Å². The Balaban J connectivity index is 2.51. The molecule has 0 saturated carbocycles. The lowest BCUT2D eigenvalue weighted by molar-refractivity contribution is -0.139. The van der Waals surface area contributed by atoms with Crippen LogP contribution in [0.1, 0.15) is 32.8 Å². The molecule has 8 heteroatoms. The van der Waals surface area contributed by atoms with Gasteiger partial charge in [-0.1, -0.05) is 31.5 Å². The van der Waals surface area contributed by atoms with Crippen molar-refractivity contribution in [2.24, 2.45) is 11.0 Å². The number of rotatable bonds is 6. The molecule has 1 rings (SSSR count). The Kier molecular flexibility index (Phi) is 8.07. The van der Waals surface area contributed by atoms with Crippen LogP contribution in [0.2, 0.25) is 5.02 Å². The lowest BCUT2D eigenvalue weighted by Gasteiger charge is -2.09. The van der Waals surface area contributed by atoms with Crippen molar-refractivity contribution in [2.45, 2.75) is 34.1 Å². The molecule has 0 aliphatic heterocycles. The van der Waals surface area contributed by atoms with E-state index in [1.165, 1.54) is 0 Å². The average Bonchev–Trinajstić information content (AvgIpc) is 2.54. The Hall–Kier alpha value is -2.41. The maximum absolute atomic E-state index is 12.0. The van der Waals surface area contributed by atoms with Crippen molar-refractivity contribution in [3.63, 3.8) is 0 Å². The van der Waals surface area contributed by atoms with Gasteiger partial charge in [0.1, 0.15) is 0 Å². The molecule has 0 saturated heterocycles. The summed E-state index contributed by atoms with van der Waals surface area (Å²) in [5.41, 5.74) is 3.87. The minimum atomic E-state index is -0.869. The van der Waals surface area contributed by atoms with Crippen LogP contribution in [-0.2, 0) is 14.4 Å². The molecular formula is C17H23ClN4O3. The van der Waals surface area contributed by atoms with E-state index < -0.39 is 11.8 Å². The summed E-state index contributed by atoms with van der Waals surface area (Å²) in [6.45, 7) is 7.61. The molecule has 7 nitrogen and oxygen atoms in total. The first-order chi connectivity index (χ1) is 11.7. The average molecular weight is 367 g/mol. The molecule has 0 unspecified atom stereocenters. The summed E-state index contributed by atoms with van der Waals surface area (Å²) in [6, 6.07) is 5.22. The third kappa shape index (κ3) is 7.34. The molecule has 3 amide bonds. The normalized spacial score (nSPS) is 11.2. The highest BCUT2D eigenvalue weighted by Gasteiger charge is 2.13. The number of anilines is 1. The van der Waals surface area contributed by atoms with Crippen LogP contribution in [0.15, 0.2) is 23.3 Å². The number of hydrazone groups is 1. The summed E-state index contributed by atoms with van der Waals surface area (Å²) >= 11 is 6.00. The second-order valence-corrected chi connectivity index (χ2v) is 6.44. The van der Waals surface area contributed by atoms with E-state index in [-0.39, 0.29) is 18.2 Å². The fourth-order valence-corrected chi connectivity index (χ4v) is 1.96. The first kappa shape index (κ1) is 20.6. The third-order valence-corrected chi connectivity index (χ3v) is 3.59. The molecule has 0 heterocycles. The SMILES string of the molecule is C/C(CC(=O)Nc1cccc(Cl)c1C)=N/NC(=O)C(=O)NCC(C)C. The van der Waals surface area contributed by atoms with Crippen LogP contribution in [0.5, 0.6) is 0 Å². The van der Waals surface area contributed by atoms with Crippen molar-refractivity contribution >= 4 is 40.7 Å². The standard InChI is InChI=1S/C17H23ClN4O3/c1-10(2)9-19-16(24)17(25)22-21-11(3)8-15(23)20-14-7-5-6-13(18)12(14)4/h5-7,10H,8-9H2,1-4H3,(H,19,24)(H,20,23)(H,22,25)/b21-11-. The number of hydrogen-bond donors (Lipinski definition) is 3. The molecule has 0 radical (unpaired) electrons. The molecule has 0 fully saturated rings. The van der Waals surface area contributed by atoms with E-state index >= 15 is 0 Å². The van der Waals surface area contributed by atoms with Crippen molar-refractivity contribution in [2.75, 3.05) is 11.9 Å². The van der Waals surface area contributed by atoms with Gasteiger partial charge in [-0.15, -0.1) is 0 Å². The number of nitrogens with zero attached hydrogens (tertiary/aromatic N) is 1. The smallest absolute Gasteiger partial charge is 0.329 e. The summed E-state index contributed by atoms with van der Waals surface area (Å²) in [5, 5.41) is 9.53. The molecule has 0 bridgehead atoms. The zero-order valence-corrected chi connectivity index (χ0v) is 15.5. The third-order valence-electron chi connectivity index (χ3n) is 3.18. The number of carbonyl (C=O) groups excluding carboxylic acids is 3. The number of amides is 3. The second kappa shape index (κ2) is 9.78. The van der Waals surface area contributed by atoms with Crippen molar-refractivity contribution in [3.05, 3.63) is 28.8 Å². The zero-order valence-electron chi connectivity index (χ0n) is 14.8. The van der Waals surface area contributed by atoms with Gasteiger partial charge >= 0.3 is 11.8 Å². The minimum Gasteiger partial charge on any atom is -0.348 e. The summed E-state index contributed by atoms with van der Waals surface area (Å²) in [6.07, 6.45) is -0.0279. The number of carbonyl (C=O) groups is 3. The highest BCUT2D eigenvalue weighted by molar-refractivity contribution is 6.35. The van der Waals surface area contributed by atoms with Gasteiger partial charge in [-0.3, -0.25) is 14.4 Å². The highest BCUT2D eigenvalue weighted by atomic mass is 35.5. The van der Waals surface area contributed by atoms with E-state index in [4.69, 9.17) is 11.6 Å². The molecule has 25 heavy (non-hydrogen) atoms. The van der Waals surface area contributed by atoms with Gasteiger partial charge in [-0.05, 0) is 37.5 Å². The quantitative estimate of drug-likeness (QED) is 0.409. The van der Waals surface area contributed by atoms with E-state index in [2.05, 4.69) is 21.2 Å². The number of halogens is 1. The predicted octanol–water partition coefficient (Wildman–Crippen LogP) is 2.24. The fraction of sp³-hybridized carbons (Fsp3) is 0.412. The van der Waals surface area contributed by atoms with Crippen molar-refractivity contribution in [1.82, 2.24) is 10.7 Å². The molecule has 136 valence electrons. The van der Waals surface area contributed by atoms with E-state index in [1.54, 1.807) is 32.0 Å². The van der Waals surface area contributed by atoms with Crippen LogP contribution in [-0.4, -0.2) is 30.0 Å². The van der Waals surface area contributed by atoms with Crippen LogP contribution < -0.4 is 16.1 Å². The molecule has 0 aromatic heterocycles. The lowest BCUT2D eigenvalue weighted by Crippen LogP contribution is -2.39. The van der Waals surface area contributed by atoms with Gasteiger partial charge in [0.05, 0.1) is 6.42 Å². The van der Waals surface area contributed by atoms with Gasteiger partial charge in [0.15, 0.2) is 0 Å². The Morgan fingerprint density at radius 3 is 2.52 bits per heavy atom. The molecule has 0 spiro atoms. The molecule has 0 aliphatic rings. The summed E-state index contributed by atoms with van der Waals surface area (Å²) in [5.74, 6) is -1.69. The van der Waals surface area contributed by atoms with Gasteiger partial charge in [0.2, 0.25) is 5.91 Å². The monoisotopic (exact) mass is 366 g/mol. The van der Waals surface area contributed by atoms with E-state index in [1.807, 2.05) is 13.8 Å². The predicted molar refractivity (Wildman–Crippen MR) is 98.5 cm³/mol. The number of benzene rings is 1. The first-order valence-corrected chi connectivity index (χ1v) is 8.24. The van der Waals surface area contributed by atoms with Gasteiger partial charge in [-0.2, -0.15) is 5.10 Å². The highest BCUT2D eigenvalue weighted by Crippen LogP contribution is 2.22. The molecule has 0 aliphatic carbocycles. The maximum Gasteiger partial charge on any atom is 0.329 e. The van der Waals surface area contributed by atoms with Crippen LogP contribution in [0.4, 0.5) is 5.69 Å². The summed E-state index contributed by atoms with van der Waals surface area (Å²) in [4.78, 5) is 35.1. The Bertz CT molecular complexity index is 686. The molecule has 1 aromatic carbocycles. The largest absolute Gasteiger partial charge is 0.348 e. The van der Waals surface area contributed by atoms with E-state index in [0.717, 1.165) is 5.56 Å². The number of hydrogen-bond acceptors (Lipinski definition) is 4. The van der Waals surface area contributed by atoms with Gasteiger partial charge in [0, 0.05) is 23.0 Å². The van der Waals surface area contributed by atoms with E-state index in [0.29, 0.717) is 23.0 Å². The van der Waals surface area contributed by atoms with Crippen molar-refractivity contribution < 1.29 is 14.4 Å². The Morgan fingerprint density at radius 1 is 1.20 bits per heavy atom. The first-order valence-electron chi connectivity index (χ1n) is 7.87. The number of nitrogens with one attached hydrogen (secondary N) is 3. The Morgan fingerprint density at radius 2 is 1.88 bits per heavy atom. The van der Waals surface area contributed by atoms with Crippen LogP contribution in [0.25, 0.3) is 0 Å². The lowest BCUT2D eigenvalue weighted by atomic mass is 10.2. The molecular weight excluding hydrogens is 344 g/mol. The maximum atomic E-state index is 12.0. The summed E-state index contributed by atoms with van der Waals surface area (Å²) < 4.78 is 0.